The van der Waals surface area contributed by atoms with Gasteiger partial charge in [-0.05, 0) is 72.9 Å². The maximum atomic E-state index is 14.2. The normalized spacial score (nSPS) is 12.6. The Kier molecular flexibility index (Phi) is 9.65. The predicted octanol–water partition coefficient (Wildman–Crippen LogP) is 6.20. The molecule has 10 heteroatoms. The van der Waals surface area contributed by atoms with E-state index >= 15 is 0 Å². The van der Waals surface area contributed by atoms with Crippen LogP contribution < -0.4 is 0 Å². The summed E-state index contributed by atoms with van der Waals surface area (Å²) in [5.74, 6) is -1.22. The summed E-state index contributed by atoms with van der Waals surface area (Å²) in [7, 11) is 0. The van der Waals surface area contributed by atoms with E-state index in [9.17, 15) is 14.2 Å². The molecule has 0 saturated carbocycles. The van der Waals surface area contributed by atoms with Gasteiger partial charge in [-0.1, -0.05) is 47.3 Å². The van der Waals surface area contributed by atoms with Crippen molar-refractivity contribution in [2.75, 3.05) is 6.61 Å². The van der Waals surface area contributed by atoms with E-state index in [1.54, 1.807) is 31.9 Å². The van der Waals surface area contributed by atoms with Crippen molar-refractivity contribution in [3.05, 3.63) is 68.3 Å². The van der Waals surface area contributed by atoms with Gasteiger partial charge in [-0.25, -0.2) is 4.39 Å². The number of carbonyl (C=O) groups is 1. The molecule has 164 valence electrons. The number of halogens is 3. The molecule has 0 aliphatic rings. The van der Waals surface area contributed by atoms with Crippen molar-refractivity contribution < 1.29 is 18.9 Å². The first-order valence-corrected chi connectivity index (χ1v) is 10.6. The number of nitrogens with zero attached hydrogens (tertiary/aromatic N) is 3. The van der Waals surface area contributed by atoms with Gasteiger partial charge in [0.2, 0.25) is 0 Å². The molecule has 0 aliphatic carbocycles. The lowest BCUT2D eigenvalue weighted by molar-refractivity contribution is -0.145. The molecule has 0 fully saturated rings. The molecule has 0 amide bonds. The second-order valence-electron chi connectivity index (χ2n) is 7.29. The summed E-state index contributed by atoms with van der Waals surface area (Å²) >= 11 is 12.5. The summed E-state index contributed by atoms with van der Waals surface area (Å²) in [6.07, 6.45) is 1.01. The maximum Gasteiger partial charge on any atom is 0.314 e. The summed E-state index contributed by atoms with van der Waals surface area (Å²) in [6.45, 7) is 2.86. The number of hydrogen-bond acceptors (Lipinski definition) is 4. The zero-order valence-electron chi connectivity index (χ0n) is 17.3. The number of ether oxygens (including phenoxy) is 1. The van der Waals surface area contributed by atoms with Gasteiger partial charge in [0.05, 0.1) is 6.61 Å². The van der Waals surface area contributed by atoms with Crippen LogP contribution in [0, 0.1) is 11.7 Å². The minimum absolute atomic E-state index is 0.171. The van der Waals surface area contributed by atoms with Crippen molar-refractivity contribution in [3.8, 4) is 11.1 Å². The Labute approximate surface area is 191 Å². The fourth-order valence-electron chi connectivity index (χ4n) is 3.46. The van der Waals surface area contributed by atoms with Crippen LogP contribution in [0.2, 0.25) is 23.2 Å². The van der Waals surface area contributed by atoms with Crippen LogP contribution in [-0.2, 0) is 16.0 Å². The van der Waals surface area contributed by atoms with Crippen LogP contribution in [0.4, 0.5) is 4.39 Å². The lowest BCUT2D eigenvalue weighted by Gasteiger charge is -2.21. The first-order valence-electron chi connectivity index (χ1n) is 9.87. The minimum atomic E-state index is -0.993. The summed E-state index contributed by atoms with van der Waals surface area (Å²) in [5.41, 5.74) is 10.5. The van der Waals surface area contributed by atoms with Crippen LogP contribution in [0.5, 0.6) is 0 Å². The summed E-state index contributed by atoms with van der Waals surface area (Å²) in [5, 5.41) is 14.3. The number of hydrogen-bond donors (Lipinski definition) is 1. The van der Waals surface area contributed by atoms with Crippen molar-refractivity contribution in [1.82, 2.24) is 0 Å². The number of esters is 1. The number of azide groups is 1. The molecule has 0 aromatic heterocycles. The standard InChI is InChI=1S/C21H23BCl2FN3O3/c1-3-31-21(29)20(27-28-26)9-13(12-22(2)30)8-15-5-4-14(10-18(15)24)17-11-16(23)6-7-19(17)25/h4-7,10-11,13,20,30H,3,8-9,12H2,1-2H3/t13-,20-/m1/s1. The van der Waals surface area contributed by atoms with E-state index in [0.29, 0.717) is 33.9 Å². The molecule has 2 aromatic rings. The molecular formula is C21H23BCl2FN3O3. The fraction of sp³-hybridized carbons (Fsp3) is 0.381. The molecule has 31 heavy (non-hydrogen) atoms. The van der Waals surface area contributed by atoms with Gasteiger partial charge in [0, 0.05) is 20.5 Å². The first kappa shape index (κ1) is 25.0. The van der Waals surface area contributed by atoms with Gasteiger partial charge in [0.1, 0.15) is 11.9 Å². The van der Waals surface area contributed by atoms with Gasteiger partial charge in [0.15, 0.2) is 0 Å². The van der Waals surface area contributed by atoms with Crippen molar-refractivity contribution in [2.24, 2.45) is 11.0 Å². The van der Waals surface area contributed by atoms with Crippen LogP contribution in [0.15, 0.2) is 41.5 Å². The molecule has 2 aromatic carbocycles. The van der Waals surface area contributed by atoms with Crippen LogP contribution in [-0.4, -0.2) is 30.6 Å². The van der Waals surface area contributed by atoms with Crippen LogP contribution in [0.1, 0.15) is 18.9 Å². The Bertz CT molecular complexity index is 971. The van der Waals surface area contributed by atoms with E-state index in [0.717, 1.165) is 5.56 Å². The van der Waals surface area contributed by atoms with E-state index in [4.69, 9.17) is 33.5 Å². The Morgan fingerprint density at radius 1 is 1.32 bits per heavy atom. The van der Waals surface area contributed by atoms with Gasteiger partial charge in [-0.2, -0.15) is 0 Å². The minimum Gasteiger partial charge on any atom is -0.466 e. The Hall–Kier alpha value is -2.25. The third kappa shape index (κ3) is 7.44. The topological polar surface area (TPSA) is 95.3 Å². The molecule has 0 aliphatic heterocycles. The van der Waals surface area contributed by atoms with E-state index < -0.39 is 24.7 Å². The van der Waals surface area contributed by atoms with E-state index in [1.807, 2.05) is 0 Å². The second-order valence-corrected chi connectivity index (χ2v) is 8.14. The molecule has 1 N–H and O–H groups in total. The molecular weight excluding hydrogens is 443 g/mol. The maximum absolute atomic E-state index is 14.2. The predicted molar refractivity (Wildman–Crippen MR) is 122 cm³/mol. The lowest BCUT2D eigenvalue weighted by atomic mass is 9.62. The fourth-order valence-corrected chi connectivity index (χ4v) is 3.89. The van der Waals surface area contributed by atoms with Crippen LogP contribution in [0.25, 0.3) is 21.6 Å². The van der Waals surface area contributed by atoms with Gasteiger partial charge < -0.3 is 9.76 Å². The highest BCUT2D eigenvalue weighted by Gasteiger charge is 2.26. The SMILES string of the molecule is CCOC(=O)[C@@H](C[C@H](CB(C)O)Cc1ccc(-c2cc(Cl)ccc2F)cc1Cl)N=[N+]=[N-]. The lowest BCUT2D eigenvalue weighted by Crippen LogP contribution is -2.27. The molecule has 0 spiro atoms. The van der Waals surface area contributed by atoms with Gasteiger partial charge >= 0.3 is 5.97 Å². The summed E-state index contributed by atoms with van der Waals surface area (Å²) in [6, 6.07) is 8.48. The smallest absolute Gasteiger partial charge is 0.314 e. The number of rotatable bonds is 10. The highest BCUT2D eigenvalue weighted by molar-refractivity contribution is 6.48. The average molecular weight is 466 g/mol. The quantitative estimate of drug-likeness (QED) is 0.148. The molecule has 0 bridgehead atoms. The molecule has 0 saturated heterocycles. The van der Waals surface area contributed by atoms with Gasteiger partial charge in [0.25, 0.3) is 6.92 Å². The van der Waals surface area contributed by atoms with E-state index in [-0.39, 0.29) is 18.9 Å². The summed E-state index contributed by atoms with van der Waals surface area (Å²) in [4.78, 5) is 14.9. The zero-order chi connectivity index (χ0) is 23.0. The number of benzene rings is 2. The van der Waals surface area contributed by atoms with Crippen LogP contribution >= 0.6 is 23.2 Å². The van der Waals surface area contributed by atoms with Crippen molar-refractivity contribution in [3.63, 3.8) is 0 Å². The molecule has 0 heterocycles. The largest absolute Gasteiger partial charge is 0.466 e. The monoisotopic (exact) mass is 465 g/mol. The van der Waals surface area contributed by atoms with Gasteiger partial charge in [-0.3, -0.25) is 4.79 Å². The van der Waals surface area contributed by atoms with Crippen molar-refractivity contribution >= 4 is 36.1 Å². The highest BCUT2D eigenvalue weighted by atomic mass is 35.5. The van der Waals surface area contributed by atoms with E-state index in [2.05, 4.69) is 10.0 Å². The van der Waals surface area contributed by atoms with Crippen molar-refractivity contribution in [1.29, 1.82) is 0 Å². The Balaban J connectivity index is 2.27. The highest BCUT2D eigenvalue weighted by Crippen LogP contribution is 2.32. The van der Waals surface area contributed by atoms with E-state index in [1.165, 1.54) is 18.2 Å². The van der Waals surface area contributed by atoms with Crippen molar-refractivity contribution in [2.45, 2.75) is 39.0 Å². The zero-order valence-corrected chi connectivity index (χ0v) is 18.8. The summed E-state index contributed by atoms with van der Waals surface area (Å²) < 4.78 is 19.2. The average Bonchev–Trinajstić information content (AvgIpc) is 2.70. The molecule has 0 unspecified atom stereocenters. The molecule has 6 nitrogen and oxygen atoms in total. The molecule has 0 radical (unpaired) electrons. The van der Waals surface area contributed by atoms with Gasteiger partial charge in [-0.15, -0.1) is 0 Å². The second kappa shape index (κ2) is 12.0. The first-order chi connectivity index (χ1) is 14.7. The third-order valence-corrected chi connectivity index (χ3v) is 5.37. The Morgan fingerprint density at radius 2 is 2.06 bits per heavy atom. The number of carbonyl (C=O) groups excluding carboxylic acids is 1. The Morgan fingerprint density at radius 3 is 2.68 bits per heavy atom. The third-order valence-electron chi connectivity index (χ3n) is 4.78. The molecule has 2 atom stereocenters. The van der Waals surface area contributed by atoms with Crippen LogP contribution in [0.3, 0.4) is 0 Å². The molecule has 2 rings (SSSR count).